The van der Waals surface area contributed by atoms with Crippen LogP contribution in [0, 0.1) is 19.8 Å². The summed E-state index contributed by atoms with van der Waals surface area (Å²) in [7, 11) is 0. The minimum Gasteiger partial charge on any atom is -0.485 e. The van der Waals surface area contributed by atoms with Crippen molar-refractivity contribution in [2.24, 2.45) is 5.92 Å². The van der Waals surface area contributed by atoms with Crippen LogP contribution >= 0.6 is 11.3 Å². The van der Waals surface area contributed by atoms with Gasteiger partial charge in [0, 0.05) is 11.4 Å². The van der Waals surface area contributed by atoms with Gasteiger partial charge in [-0.3, -0.25) is 9.59 Å². The third-order valence-corrected chi connectivity index (χ3v) is 7.32. The molecule has 192 valence electrons. The van der Waals surface area contributed by atoms with E-state index < -0.39 is 5.97 Å². The molecule has 0 aliphatic carbocycles. The molecule has 0 bridgehead atoms. The van der Waals surface area contributed by atoms with Crippen LogP contribution in [-0.4, -0.2) is 23.5 Å². The van der Waals surface area contributed by atoms with E-state index in [-0.39, 0.29) is 36.3 Å². The van der Waals surface area contributed by atoms with Crippen LogP contribution in [0.15, 0.2) is 48.5 Å². The maximum absolute atomic E-state index is 12.4. The highest BCUT2D eigenvalue weighted by molar-refractivity contribution is 7.14. The molecular formula is C30H37NO4S. The normalized spacial score (nSPS) is 12.4. The smallest absolute Gasteiger partial charge is 0.305 e. The summed E-state index contributed by atoms with van der Waals surface area (Å²) in [6, 6.07) is 16.7. The van der Waals surface area contributed by atoms with E-state index >= 15 is 0 Å². The first kappa shape index (κ1) is 27.5. The quantitative estimate of drug-likeness (QED) is 0.318. The fourth-order valence-corrected chi connectivity index (χ4v) is 5.38. The maximum atomic E-state index is 12.4. The zero-order valence-corrected chi connectivity index (χ0v) is 23.1. The van der Waals surface area contributed by atoms with Crippen molar-refractivity contribution in [3.63, 3.8) is 0 Å². The Kier molecular flexibility index (Phi) is 8.62. The first-order valence-corrected chi connectivity index (χ1v) is 13.2. The van der Waals surface area contributed by atoms with Crippen LogP contribution in [0.25, 0.3) is 11.1 Å². The summed E-state index contributed by atoms with van der Waals surface area (Å²) in [6.07, 6.45) is -0.303. The van der Waals surface area contributed by atoms with E-state index in [1.165, 1.54) is 28.0 Å². The zero-order valence-electron chi connectivity index (χ0n) is 22.3. The van der Waals surface area contributed by atoms with Crippen molar-refractivity contribution >= 4 is 23.2 Å². The average molecular weight is 508 g/mol. The Morgan fingerprint density at radius 3 is 2.14 bits per heavy atom. The Hall–Kier alpha value is -3.12. The second-order valence-electron chi connectivity index (χ2n) is 10.6. The van der Waals surface area contributed by atoms with Gasteiger partial charge in [0.15, 0.2) is 0 Å². The Bertz CT molecular complexity index is 1200. The third kappa shape index (κ3) is 6.76. The number of hydrogen-bond acceptors (Lipinski definition) is 4. The molecule has 2 N–H and O–H groups in total. The molecule has 36 heavy (non-hydrogen) atoms. The molecule has 1 atom stereocenters. The van der Waals surface area contributed by atoms with E-state index in [4.69, 9.17) is 9.84 Å². The minimum atomic E-state index is -0.936. The molecule has 1 unspecified atom stereocenters. The number of benzene rings is 2. The summed E-state index contributed by atoms with van der Waals surface area (Å²) in [5.74, 6) is -0.200. The molecule has 1 amide bonds. The summed E-state index contributed by atoms with van der Waals surface area (Å²) >= 11 is 1.38. The van der Waals surface area contributed by atoms with Gasteiger partial charge in [-0.05, 0) is 77.3 Å². The third-order valence-electron chi connectivity index (χ3n) is 6.17. The molecule has 0 aliphatic heterocycles. The zero-order chi connectivity index (χ0) is 26.6. The first-order chi connectivity index (χ1) is 16.9. The number of carboxylic acid groups (broad SMARTS) is 1. The molecular weight excluding hydrogens is 470 g/mol. The van der Waals surface area contributed by atoms with E-state index in [9.17, 15) is 9.59 Å². The molecule has 5 nitrogen and oxygen atoms in total. The minimum absolute atomic E-state index is 0.100. The Balaban J connectivity index is 1.80. The van der Waals surface area contributed by atoms with Gasteiger partial charge >= 0.3 is 5.97 Å². The number of rotatable bonds is 9. The molecule has 3 aromatic rings. The van der Waals surface area contributed by atoms with Crippen LogP contribution < -0.4 is 10.1 Å². The van der Waals surface area contributed by atoms with E-state index in [0.717, 1.165) is 21.8 Å². The molecule has 0 radical (unpaired) electrons. The standard InChI is InChI=1S/C30H37NO4S/c1-18(2)28(24-12-13-25(36-24)29(34)31-15-14-26(32)33)35-23-16-19(3)27(20(4)17-23)21-8-10-22(11-9-21)30(5,6)7/h8-13,16-18,28H,14-15H2,1-7H3,(H,31,34)(H,32,33). The van der Waals surface area contributed by atoms with Crippen molar-refractivity contribution in [2.75, 3.05) is 6.54 Å². The van der Waals surface area contributed by atoms with Gasteiger partial charge in [0.05, 0.1) is 11.3 Å². The number of hydrogen-bond donors (Lipinski definition) is 2. The highest BCUT2D eigenvalue weighted by Crippen LogP contribution is 2.37. The lowest BCUT2D eigenvalue weighted by Gasteiger charge is -2.23. The summed E-state index contributed by atoms with van der Waals surface area (Å²) < 4.78 is 6.48. The Morgan fingerprint density at radius 2 is 1.61 bits per heavy atom. The van der Waals surface area contributed by atoms with Gasteiger partial charge in [0.2, 0.25) is 0 Å². The number of ether oxygens (including phenoxy) is 1. The van der Waals surface area contributed by atoms with Crippen molar-refractivity contribution in [1.29, 1.82) is 0 Å². The highest BCUT2D eigenvalue weighted by atomic mass is 32.1. The van der Waals surface area contributed by atoms with Gasteiger partial charge in [-0.15, -0.1) is 11.3 Å². The lowest BCUT2D eigenvalue weighted by molar-refractivity contribution is -0.136. The number of aliphatic carboxylic acids is 1. The summed E-state index contributed by atoms with van der Waals surface area (Å²) in [5, 5.41) is 11.4. The number of carboxylic acids is 1. The molecule has 1 aromatic heterocycles. The maximum Gasteiger partial charge on any atom is 0.305 e. The molecule has 0 aliphatic rings. The topological polar surface area (TPSA) is 75.6 Å². The molecule has 1 heterocycles. The fourth-order valence-electron chi connectivity index (χ4n) is 4.25. The Labute approximate surface area is 218 Å². The number of thiophene rings is 1. The second-order valence-corrected chi connectivity index (χ2v) is 11.8. The molecule has 3 rings (SSSR count). The molecule has 0 fully saturated rings. The number of nitrogens with one attached hydrogen (secondary N) is 1. The van der Waals surface area contributed by atoms with Gasteiger partial charge in [-0.1, -0.05) is 58.9 Å². The summed E-state index contributed by atoms with van der Waals surface area (Å²) in [5.41, 5.74) is 6.16. The fraction of sp³-hybridized carbons (Fsp3) is 0.400. The number of amides is 1. The predicted molar refractivity (Wildman–Crippen MR) is 147 cm³/mol. The van der Waals surface area contributed by atoms with Crippen molar-refractivity contribution < 1.29 is 19.4 Å². The highest BCUT2D eigenvalue weighted by Gasteiger charge is 2.23. The largest absolute Gasteiger partial charge is 0.485 e. The van der Waals surface area contributed by atoms with Crippen molar-refractivity contribution in [3.05, 3.63) is 75.0 Å². The SMILES string of the molecule is Cc1cc(OC(c2ccc(C(=O)NCCC(=O)O)s2)C(C)C)cc(C)c1-c1ccc(C(C)(C)C)cc1. The van der Waals surface area contributed by atoms with Gasteiger partial charge in [-0.2, -0.15) is 0 Å². The van der Waals surface area contributed by atoms with Gasteiger partial charge in [0.25, 0.3) is 5.91 Å². The summed E-state index contributed by atoms with van der Waals surface area (Å²) in [4.78, 5) is 24.6. The number of carbonyl (C=O) groups is 2. The van der Waals surface area contributed by atoms with Crippen molar-refractivity contribution in [2.45, 2.75) is 66.4 Å². The van der Waals surface area contributed by atoms with Crippen LogP contribution in [0.3, 0.4) is 0 Å². The van der Waals surface area contributed by atoms with Crippen LogP contribution in [0.4, 0.5) is 0 Å². The predicted octanol–water partition coefficient (Wildman–Crippen LogP) is 7.31. The lowest BCUT2D eigenvalue weighted by Crippen LogP contribution is -2.25. The van der Waals surface area contributed by atoms with Crippen LogP contribution in [0.2, 0.25) is 0 Å². The van der Waals surface area contributed by atoms with Crippen LogP contribution in [0.5, 0.6) is 5.75 Å². The van der Waals surface area contributed by atoms with E-state index in [1.54, 1.807) is 6.07 Å². The molecule has 6 heteroatoms. The van der Waals surface area contributed by atoms with Crippen LogP contribution in [-0.2, 0) is 10.2 Å². The summed E-state index contributed by atoms with van der Waals surface area (Å²) in [6.45, 7) is 15.2. The average Bonchev–Trinajstić information content (AvgIpc) is 3.26. The number of carbonyl (C=O) groups excluding carboxylic acids is 1. The van der Waals surface area contributed by atoms with Gasteiger partial charge in [-0.25, -0.2) is 0 Å². The monoisotopic (exact) mass is 507 g/mol. The van der Waals surface area contributed by atoms with Gasteiger partial charge in [0.1, 0.15) is 11.9 Å². The Morgan fingerprint density at radius 1 is 1.00 bits per heavy atom. The molecule has 0 saturated heterocycles. The van der Waals surface area contributed by atoms with E-state index in [0.29, 0.717) is 4.88 Å². The van der Waals surface area contributed by atoms with Crippen molar-refractivity contribution in [1.82, 2.24) is 5.32 Å². The first-order valence-electron chi connectivity index (χ1n) is 12.4. The lowest BCUT2D eigenvalue weighted by atomic mass is 9.85. The molecule has 0 spiro atoms. The van der Waals surface area contributed by atoms with E-state index in [2.05, 4.69) is 90.2 Å². The van der Waals surface area contributed by atoms with Crippen molar-refractivity contribution in [3.8, 4) is 16.9 Å². The number of aryl methyl sites for hydroxylation is 2. The molecule has 0 saturated carbocycles. The van der Waals surface area contributed by atoms with E-state index in [1.807, 2.05) is 6.07 Å². The molecule has 2 aromatic carbocycles. The second kappa shape index (κ2) is 11.3. The van der Waals surface area contributed by atoms with Gasteiger partial charge < -0.3 is 15.2 Å². The van der Waals surface area contributed by atoms with Crippen LogP contribution in [0.1, 0.15) is 78.4 Å².